The van der Waals surface area contributed by atoms with Gasteiger partial charge < -0.3 is 5.11 Å². The van der Waals surface area contributed by atoms with Crippen molar-refractivity contribution >= 4 is 11.6 Å². The normalized spacial score (nSPS) is 7.69. The third-order valence-electron chi connectivity index (χ3n) is 1.23. The molecule has 0 saturated heterocycles. The van der Waals surface area contributed by atoms with Gasteiger partial charge in [0.25, 0.3) is 0 Å². The Labute approximate surface area is 99.0 Å². The minimum atomic E-state index is -0.345. The van der Waals surface area contributed by atoms with Gasteiger partial charge in [-0.3, -0.25) is 9.59 Å². The summed E-state index contributed by atoms with van der Waals surface area (Å²) in [7, 11) is 0. The molecule has 0 radical (unpaired) electrons. The van der Waals surface area contributed by atoms with Gasteiger partial charge in [0.15, 0.2) is 11.6 Å². The average Bonchev–Trinajstić information content (AvgIpc) is 2.05. The summed E-state index contributed by atoms with van der Waals surface area (Å²) in [5, 5.41) is 8.07. The van der Waals surface area contributed by atoms with Crippen LogP contribution in [0.2, 0.25) is 0 Å². The molecule has 0 fully saturated rings. The molecule has 1 N–H and O–H groups in total. The Morgan fingerprint density at radius 3 is 1.69 bits per heavy atom. The first-order valence-electron chi connectivity index (χ1n) is 4.24. The number of aliphatic hydroxyl groups is 1. The van der Waals surface area contributed by atoms with Crippen LogP contribution in [0.3, 0.4) is 0 Å². The smallest absolute Gasteiger partial charge is 0.197 e. The molecule has 4 heteroatoms. The molecule has 13 heavy (non-hydrogen) atoms. The third kappa shape index (κ3) is 18.9. The maximum atomic E-state index is 10.2. The van der Waals surface area contributed by atoms with Crippen LogP contribution in [-0.4, -0.2) is 23.3 Å². The summed E-state index contributed by atoms with van der Waals surface area (Å²) in [6.07, 6.45) is 2.37. The van der Waals surface area contributed by atoms with E-state index in [2.05, 4.69) is 6.92 Å². The zero-order valence-corrected chi connectivity index (χ0v) is 11.1. The van der Waals surface area contributed by atoms with Crippen LogP contribution in [0, 0.1) is 0 Å². The number of hydrogen-bond acceptors (Lipinski definition) is 3. The average molecular weight is 265 g/mol. The molecule has 0 aliphatic heterocycles. The zero-order valence-electron chi connectivity index (χ0n) is 8.59. The van der Waals surface area contributed by atoms with E-state index in [9.17, 15) is 9.59 Å². The van der Waals surface area contributed by atoms with Crippen molar-refractivity contribution < 1.29 is 40.9 Å². The molecular formula is C9H18O3Zr. The van der Waals surface area contributed by atoms with E-state index in [0.717, 1.165) is 12.8 Å². The monoisotopic (exact) mass is 264 g/mol. The minimum absolute atomic E-state index is 0. The van der Waals surface area contributed by atoms with Crippen molar-refractivity contribution in [2.45, 2.75) is 40.0 Å². The van der Waals surface area contributed by atoms with Gasteiger partial charge >= 0.3 is 0 Å². The number of carbonyl (C=O) groups excluding carboxylic acids is 2. The quantitative estimate of drug-likeness (QED) is 0.780. The molecule has 0 spiro atoms. The Hall–Kier alpha value is 0.183. The number of unbranched alkanes of at least 4 members (excludes halogenated alkanes) is 1. The third-order valence-corrected chi connectivity index (χ3v) is 1.23. The predicted octanol–water partition coefficient (Wildman–Crippen LogP) is 1.33. The number of Topliss-reactive ketones (excluding diaryl/α,β-unsaturated/α-hetero) is 2. The van der Waals surface area contributed by atoms with E-state index in [-0.39, 0.29) is 37.8 Å². The predicted molar refractivity (Wildman–Crippen MR) is 48.0 cm³/mol. The van der Waals surface area contributed by atoms with Gasteiger partial charge in [-0.05, 0) is 6.42 Å². The molecule has 0 aromatic heterocycles. The molecule has 0 bridgehead atoms. The van der Waals surface area contributed by atoms with Gasteiger partial charge in [0.05, 0.1) is 0 Å². The van der Waals surface area contributed by atoms with Crippen LogP contribution >= 0.6 is 0 Å². The molecule has 0 atom stereocenters. The molecule has 0 rings (SSSR count). The van der Waals surface area contributed by atoms with E-state index in [1.165, 1.54) is 6.92 Å². The number of hydrogen-bond donors (Lipinski definition) is 1. The second-order valence-electron chi connectivity index (χ2n) is 2.41. The van der Waals surface area contributed by atoms with Crippen LogP contribution in [0.1, 0.15) is 40.0 Å². The second kappa shape index (κ2) is 14.7. The van der Waals surface area contributed by atoms with Gasteiger partial charge in [0.2, 0.25) is 0 Å². The van der Waals surface area contributed by atoms with Gasteiger partial charge in [-0.15, -0.1) is 0 Å². The summed E-state index contributed by atoms with van der Waals surface area (Å²) in [6, 6.07) is 0. The molecule has 0 saturated carbocycles. The van der Waals surface area contributed by atoms with Gasteiger partial charge in [-0.2, -0.15) is 0 Å². The molecule has 0 heterocycles. The van der Waals surface area contributed by atoms with Crippen molar-refractivity contribution in [2.24, 2.45) is 0 Å². The van der Waals surface area contributed by atoms with Crippen molar-refractivity contribution in [3.8, 4) is 0 Å². The van der Waals surface area contributed by atoms with Crippen molar-refractivity contribution in [3.05, 3.63) is 0 Å². The number of ketones is 2. The Morgan fingerprint density at radius 2 is 1.69 bits per heavy atom. The molecule has 0 aromatic rings. The fraction of sp³-hybridized carbons (Fsp3) is 0.778. The summed E-state index contributed by atoms with van der Waals surface area (Å²) < 4.78 is 0. The van der Waals surface area contributed by atoms with Crippen molar-refractivity contribution in [3.63, 3.8) is 0 Å². The van der Waals surface area contributed by atoms with Crippen LogP contribution in [0.5, 0.6) is 0 Å². The van der Waals surface area contributed by atoms with Gasteiger partial charge in [-0.1, -0.05) is 20.3 Å². The SMILES string of the molecule is CCC(=O)C(C)=O.CCCCO.[Zr]. The van der Waals surface area contributed by atoms with Gasteiger partial charge in [-0.25, -0.2) is 0 Å². The summed E-state index contributed by atoms with van der Waals surface area (Å²) in [4.78, 5) is 20.2. The van der Waals surface area contributed by atoms with Crippen LogP contribution in [0.25, 0.3) is 0 Å². The van der Waals surface area contributed by atoms with E-state index in [1.807, 2.05) is 0 Å². The molecule has 0 aliphatic carbocycles. The van der Waals surface area contributed by atoms with Gasteiger partial charge in [0, 0.05) is 46.2 Å². The number of aliphatic hydroxyl groups excluding tert-OH is 1. The number of carbonyl (C=O) groups is 2. The van der Waals surface area contributed by atoms with Crippen molar-refractivity contribution in [1.82, 2.24) is 0 Å². The summed E-state index contributed by atoms with van der Waals surface area (Å²) >= 11 is 0. The zero-order chi connectivity index (χ0) is 9.98. The summed E-state index contributed by atoms with van der Waals surface area (Å²) in [5.41, 5.74) is 0. The second-order valence-corrected chi connectivity index (χ2v) is 2.41. The van der Waals surface area contributed by atoms with Crippen LogP contribution < -0.4 is 0 Å². The first-order chi connectivity index (χ1) is 5.59. The summed E-state index contributed by atoms with van der Waals surface area (Å²) in [6.45, 7) is 5.35. The minimum Gasteiger partial charge on any atom is -0.396 e. The molecule has 0 aromatic carbocycles. The topological polar surface area (TPSA) is 54.4 Å². The van der Waals surface area contributed by atoms with E-state index < -0.39 is 0 Å². The van der Waals surface area contributed by atoms with Crippen molar-refractivity contribution in [2.75, 3.05) is 6.61 Å². The largest absolute Gasteiger partial charge is 0.396 e. The number of rotatable bonds is 4. The standard InChI is InChI=1S/C5H8O2.C4H10O.Zr/c1-3-5(7)4(2)6;1-2-3-4-5;/h3H2,1-2H3;5H,2-4H2,1H3;. The van der Waals surface area contributed by atoms with Crippen LogP contribution in [0.4, 0.5) is 0 Å². The van der Waals surface area contributed by atoms with E-state index in [4.69, 9.17) is 5.11 Å². The Kier molecular flexibility index (Phi) is 21.3. The molecular weight excluding hydrogens is 247 g/mol. The molecule has 0 aliphatic rings. The fourth-order valence-electron chi connectivity index (χ4n) is 0.407. The van der Waals surface area contributed by atoms with Crippen LogP contribution in [0.15, 0.2) is 0 Å². The summed E-state index contributed by atoms with van der Waals surface area (Å²) in [5.74, 6) is -0.637. The molecule has 0 amide bonds. The maximum absolute atomic E-state index is 10.2. The van der Waals surface area contributed by atoms with E-state index >= 15 is 0 Å². The molecule has 76 valence electrons. The van der Waals surface area contributed by atoms with E-state index in [1.54, 1.807) is 6.92 Å². The maximum Gasteiger partial charge on any atom is 0.197 e. The first kappa shape index (κ1) is 18.9. The van der Waals surface area contributed by atoms with Crippen LogP contribution in [-0.2, 0) is 35.8 Å². The Balaban J connectivity index is -0.000000150. The van der Waals surface area contributed by atoms with E-state index in [0.29, 0.717) is 13.0 Å². The molecule has 0 unspecified atom stereocenters. The van der Waals surface area contributed by atoms with Crippen molar-refractivity contribution in [1.29, 1.82) is 0 Å². The molecule has 3 nitrogen and oxygen atoms in total. The first-order valence-corrected chi connectivity index (χ1v) is 4.24. The Morgan fingerprint density at radius 1 is 1.23 bits per heavy atom. The van der Waals surface area contributed by atoms with Gasteiger partial charge in [0.1, 0.15) is 0 Å². The Bertz CT molecular complexity index is 133. The fourth-order valence-corrected chi connectivity index (χ4v) is 0.407.